The van der Waals surface area contributed by atoms with Gasteiger partial charge in [-0.05, 0) is 97.5 Å². The summed E-state index contributed by atoms with van der Waals surface area (Å²) in [6, 6.07) is 11.8. The van der Waals surface area contributed by atoms with Crippen LogP contribution >= 0.6 is 35.6 Å². The number of nitrogens with one attached hydrogen (secondary N) is 5. The minimum absolute atomic E-state index is 0. The fraction of sp³-hybridized carbons (Fsp3) is 0.267. The molecule has 9 rings (SSSR count). The van der Waals surface area contributed by atoms with E-state index in [4.69, 9.17) is 38.4 Å². The number of hydrogen-bond acceptors (Lipinski definition) is 10. The van der Waals surface area contributed by atoms with Gasteiger partial charge in [0.25, 0.3) is 11.8 Å². The largest absolute Gasteiger partial charge is 0.444 e. The monoisotopic (exact) mass is 1000 g/mol. The highest BCUT2D eigenvalue weighted by Crippen LogP contribution is 2.37. The number of hydrogen-bond donors (Lipinski definition) is 6. The molecule has 5 amide bonds. The second kappa shape index (κ2) is 22.4. The van der Waals surface area contributed by atoms with Crippen molar-refractivity contribution in [3.05, 3.63) is 146 Å². The van der Waals surface area contributed by atoms with Crippen LogP contribution in [0.2, 0.25) is 10.0 Å². The summed E-state index contributed by atoms with van der Waals surface area (Å²) in [7, 11) is 0. The molecule has 68 heavy (non-hydrogen) atoms. The highest BCUT2D eigenvalue weighted by Gasteiger charge is 2.33. The minimum atomic E-state index is -0.755. The molecule has 0 saturated carbocycles. The quantitative estimate of drug-likeness (QED) is 0.0883. The molecule has 7 N–H and O–H groups in total. The Morgan fingerprint density at radius 2 is 1.21 bits per heavy atom. The van der Waals surface area contributed by atoms with Gasteiger partial charge in [-0.15, -0.1) is 12.4 Å². The fourth-order valence-corrected chi connectivity index (χ4v) is 8.16. The van der Waals surface area contributed by atoms with Gasteiger partial charge in [0.2, 0.25) is 11.8 Å². The molecule has 16 nitrogen and oxygen atoms in total. The van der Waals surface area contributed by atoms with Crippen molar-refractivity contribution in [2.75, 3.05) is 23.7 Å². The van der Waals surface area contributed by atoms with Crippen LogP contribution in [0.4, 0.5) is 38.5 Å². The Bertz CT molecular complexity index is 2750. The number of halogens is 7. The topological polar surface area (TPSA) is 225 Å². The number of aromatic nitrogens is 2. The maximum atomic E-state index is 14.6. The molecule has 0 unspecified atom stereocenters. The van der Waals surface area contributed by atoms with Gasteiger partial charge >= 0.3 is 12.2 Å². The van der Waals surface area contributed by atoms with Gasteiger partial charge in [0.15, 0.2) is 0 Å². The smallest absolute Gasteiger partial charge is 0.419 e. The summed E-state index contributed by atoms with van der Waals surface area (Å²) in [4.78, 5) is 74.4. The third kappa shape index (κ3) is 12.2. The zero-order valence-corrected chi connectivity index (χ0v) is 37.7. The van der Waals surface area contributed by atoms with Gasteiger partial charge in [0, 0.05) is 52.1 Å². The molecule has 2 saturated heterocycles. The van der Waals surface area contributed by atoms with Crippen molar-refractivity contribution in [2.45, 2.75) is 62.8 Å². The number of rotatable bonds is 7. The summed E-state index contributed by atoms with van der Waals surface area (Å²) in [5.41, 5.74) is 8.92. The van der Waals surface area contributed by atoms with Crippen LogP contribution in [0.15, 0.2) is 79.4 Å². The molecule has 3 heterocycles. The maximum absolute atomic E-state index is 14.6. The van der Waals surface area contributed by atoms with Gasteiger partial charge in [-0.25, -0.2) is 36.7 Å². The number of carbonyl (C=O) groups excluding carboxylic acids is 6. The van der Waals surface area contributed by atoms with E-state index in [-0.39, 0.29) is 82.7 Å². The van der Waals surface area contributed by atoms with E-state index in [1.165, 1.54) is 71.8 Å². The molecule has 4 atom stereocenters. The van der Waals surface area contributed by atoms with Crippen molar-refractivity contribution in [1.82, 2.24) is 25.5 Å². The Kier molecular flexibility index (Phi) is 16.7. The molecule has 23 heteroatoms. The molecule has 0 radical (unpaired) electrons. The third-order valence-corrected chi connectivity index (χ3v) is 11.6. The molecule has 358 valence electrons. The van der Waals surface area contributed by atoms with Crippen LogP contribution in [0.1, 0.15) is 80.7 Å². The molecule has 2 fully saturated rings. The van der Waals surface area contributed by atoms with E-state index in [1.807, 2.05) is 0 Å². The number of carbonyl (C=O) groups is 6. The van der Waals surface area contributed by atoms with Gasteiger partial charge in [-0.3, -0.25) is 19.2 Å². The van der Waals surface area contributed by atoms with Crippen molar-refractivity contribution in [1.29, 1.82) is 0 Å². The molecule has 0 bridgehead atoms. The second-order valence-corrected chi connectivity index (χ2v) is 16.4. The Morgan fingerprint density at radius 1 is 0.706 bits per heavy atom. The lowest BCUT2D eigenvalue weighted by molar-refractivity contribution is -0.120. The molecule has 5 aromatic rings. The van der Waals surface area contributed by atoms with Crippen molar-refractivity contribution in [3.8, 4) is 0 Å². The maximum Gasteiger partial charge on any atom is 0.419 e. The van der Waals surface area contributed by atoms with Crippen LogP contribution in [0.5, 0.6) is 0 Å². The van der Waals surface area contributed by atoms with Crippen LogP contribution in [0, 0.1) is 23.3 Å². The summed E-state index contributed by atoms with van der Waals surface area (Å²) < 4.78 is 66.3. The number of fused-ring (bicyclic) bond motifs is 2. The summed E-state index contributed by atoms with van der Waals surface area (Å²) in [6.07, 6.45) is 4.37. The van der Waals surface area contributed by atoms with Gasteiger partial charge in [-0.1, -0.05) is 23.2 Å². The molecular formula is C45H41Cl3F4N8O8. The lowest BCUT2D eigenvalue weighted by Crippen LogP contribution is -2.32. The highest BCUT2D eigenvalue weighted by molar-refractivity contribution is 6.31. The fourth-order valence-electron chi connectivity index (χ4n) is 7.80. The number of imidazole rings is 1. The van der Waals surface area contributed by atoms with Crippen molar-refractivity contribution in [3.63, 3.8) is 0 Å². The van der Waals surface area contributed by atoms with E-state index in [0.29, 0.717) is 65.9 Å². The van der Waals surface area contributed by atoms with E-state index in [1.54, 1.807) is 0 Å². The van der Waals surface area contributed by atoms with E-state index in [9.17, 15) is 46.3 Å². The standard InChI is InChI=1S/C21H18ClF2N3O4.C16H13ClF2N2O.C8H9N3O3.ClH/c22-14-7-10(1-4-15(14)23)26-20(29)13-2-5-16(24)19-12(13)3-6-17(19)27-21(30)31-11-8-18(28)25-9-11;17-11-7-8(1-4-12(11)18)21-16(22)10-2-5-13(19)15-9(10)3-6-14(15)20;12-7-3-6(4-10-7)14-8(13)11-2-1-9-5-11;/h1-2,4-5,7,11,17H,3,6,8-9H2,(H,25,28)(H,26,29)(H,27,30);1-2,4-5,7,14H,3,6,20H2,(H,21,22);1-2,5-6H,3-4H2,(H,10,12);1H/t11-,17+;14-;6-;/m101./s1. The van der Waals surface area contributed by atoms with Gasteiger partial charge in [0.1, 0.15) is 41.8 Å². The number of nitrogens with two attached hydrogens (primary N) is 1. The number of anilines is 2. The van der Waals surface area contributed by atoms with Crippen LogP contribution in [0.3, 0.4) is 0 Å². The highest BCUT2D eigenvalue weighted by atomic mass is 35.5. The molecule has 4 aliphatic rings. The summed E-state index contributed by atoms with van der Waals surface area (Å²) >= 11 is 11.4. The van der Waals surface area contributed by atoms with Crippen molar-refractivity contribution >= 4 is 82.8 Å². The van der Waals surface area contributed by atoms with Gasteiger partial charge in [-0.2, -0.15) is 0 Å². The second-order valence-electron chi connectivity index (χ2n) is 15.5. The molecular weight excluding hydrogens is 963 g/mol. The van der Waals surface area contributed by atoms with Crippen LogP contribution < -0.4 is 32.3 Å². The molecule has 2 aliphatic heterocycles. The zero-order valence-electron chi connectivity index (χ0n) is 35.4. The average molecular weight is 1000 g/mol. The molecule has 1 aromatic heterocycles. The van der Waals surface area contributed by atoms with Crippen LogP contribution in [-0.2, 0) is 31.9 Å². The third-order valence-electron chi connectivity index (χ3n) is 11.0. The Morgan fingerprint density at radius 3 is 1.71 bits per heavy atom. The Labute approximate surface area is 401 Å². The minimum Gasteiger partial charge on any atom is -0.444 e. The van der Waals surface area contributed by atoms with Crippen LogP contribution in [0.25, 0.3) is 0 Å². The lowest BCUT2D eigenvalue weighted by Gasteiger charge is -2.17. The van der Waals surface area contributed by atoms with Gasteiger partial charge in [0.05, 0.1) is 42.0 Å². The predicted molar refractivity (Wildman–Crippen MR) is 242 cm³/mol. The molecule has 0 spiro atoms. The first kappa shape index (κ1) is 50.7. The number of nitrogens with zero attached hydrogens (tertiary/aromatic N) is 2. The number of benzene rings is 4. The Hall–Kier alpha value is -6.74. The lowest BCUT2D eigenvalue weighted by atomic mass is 10.0. The molecule has 4 aromatic carbocycles. The van der Waals surface area contributed by atoms with Gasteiger partial charge < -0.3 is 41.8 Å². The normalized spacial score (nSPS) is 18.5. The first-order valence-corrected chi connectivity index (χ1v) is 21.4. The molecule has 2 aliphatic carbocycles. The van der Waals surface area contributed by atoms with E-state index in [2.05, 4.69) is 31.6 Å². The number of alkyl carbamates (subject to hydrolysis) is 1. The predicted octanol–water partition coefficient (Wildman–Crippen LogP) is 7.47. The Balaban J connectivity index is 0.000000179. The first-order valence-electron chi connectivity index (χ1n) is 20.6. The average Bonchev–Trinajstić information content (AvgIpc) is 4.16. The van der Waals surface area contributed by atoms with E-state index < -0.39 is 53.6 Å². The number of amides is 5. The zero-order chi connectivity index (χ0) is 47.9. The summed E-state index contributed by atoms with van der Waals surface area (Å²) in [5, 5.41) is 12.8. The first-order chi connectivity index (χ1) is 32.0. The SMILES string of the molecule is Cl.N[C@H]1CCc2c(C(=O)Nc3ccc(F)c(Cl)c3)ccc(F)c21.O=C1C[C@@H](OC(=O)N[C@H]2CCc3c(C(=O)Nc4ccc(F)c(Cl)c4)ccc(F)c32)CN1.O=C1C[C@@H](OC(=O)n2ccnc2)CN1. The van der Waals surface area contributed by atoms with E-state index in [0.717, 1.165) is 12.1 Å². The summed E-state index contributed by atoms with van der Waals surface area (Å²) in [6.45, 7) is 0.624. The summed E-state index contributed by atoms with van der Waals surface area (Å²) in [5.74, 6) is -3.29. The van der Waals surface area contributed by atoms with Crippen molar-refractivity contribution < 1.29 is 55.8 Å². The van der Waals surface area contributed by atoms with Crippen molar-refractivity contribution in [2.24, 2.45) is 5.73 Å². The van der Waals surface area contributed by atoms with Crippen LogP contribution in [-0.4, -0.2) is 70.7 Å². The van der Waals surface area contributed by atoms with E-state index >= 15 is 0 Å². The number of ether oxygens (including phenoxy) is 2.